The number of amides is 2. The number of halogens is 3. The Balaban J connectivity index is 0.00000264. The van der Waals surface area contributed by atoms with Gasteiger partial charge in [-0.1, -0.05) is 17.7 Å². The van der Waals surface area contributed by atoms with Crippen LogP contribution in [0.2, 0.25) is 0 Å². The molecule has 23 heavy (non-hydrogen) atoms. The minimum Gasteiger partial charge on any atom is -0.350 e. The van der Waals surface area contributed by atoms with Gasteiger partial charge in [-0.2, -0.15) is 0 Å². The van der Waals surface area contributed by atoms with Gasteiger partial charge < -0.3 is 16.0 Å². The second-order valence-corrected chi connectivity index (χ2v) is 5.52. The Hall–Kier alpha value is -1.73. The third-order valence-corrected chi connectivity index (χ3v) is 3.66. The van der Waals surface area contributed by atoms with E-state index in [0.717, 1.165) is 5.56 Å². The molecule has 1 unspecified atom stereocenters. The number of rotatable bonds is 5. The van der Waals surface area contributed by atoms with Crippen LogP contribution >= 0.6 is 12.4 Å². The molecule has 0 saturated carbocycles. The summed E-state index contributed by atoms with van der Waals surface area (Å²) in [5, 5.41) is 2.17. The van der Waals surface area contributed by atoms with Crippen LogP contribution in [0.15, 0.2) is 24.3 Å². The maximum Gasteiger partial charge on any atom is 0.277 e. The van der Waals surface area contributed by atoms with E-state index in [1.807, 2.05) is 19.1 Å². The zero-order chi connectivity index (χ0) is 16.3. The van der Waals surface area contributed by atoms with E-state index < -0.39 is 30.8 Å². The van der Waals surface area contributed by atoms with E-state index in [0.29, 0.717) is 5.69 Å². The number of aryl methyl sites for hydroxylation is 1. The van der Waals surface area contributed by atoms with Crippen molar-refractivity contribution in [3.8, 4) is 0 Å². The Kier molecular flexibility index (Phi) is 6.47. The summed E-state index contributed by atoms with van der Waals surface area (Å²) >= 11 is 0. The molecule has 1 aliphatic rings. The van der Waals surface area contributed by atoms with Crippen LogP contribution in [-0.2, 0) is 9.59 Å². The van der Waals surface area contributed by atoms with E-state index in [1.165, 1.54) is 4.90 Å². The van der Waals surface area contributed by atoms with Crippen LogP contribution < -0.4 is 16.0 Å². The van der Waals surface area contributed by atoms with E-state index in [9.17, 15) is 18.4 Å². The summed E-state index contributed by atoms with van der Waals surface area (Å²) in [5.74, 6) is -4.48. The molecule has 1 aliphatic heterocycles. The molecule has 1 aromatic rings. The van der Waals surface area contributed by atoms with Gasteiger partial charge in [-0.3, -0.25) is 9.59 Å². The Bertz CT molecular complexity index is 566. The number of nitrogens with zero attached hydrogens (tertiary/aromatic N) is 1. The molecule has 1 heterocycles. The van der Waals surface area contributed by atoms with Gasteiger partial charge in [0.1, 0.15) is 0 Å². The van der Waals surface area contributed by atoms with Crippen LogP contribution in [0.5, 0.6) is 0 Å². The Morgan fingerprint density at radius 2 is 2.00 bits per heavy atom. The number of hydrogen-bond donors (Lipinski definition) is 2. The highest BCUT2D eigenvalue weighted by Crippen LogP contribution is 2.25. The van der Waals surface area contributed by atoms with E-state index >= 15 is 0 Å². The molecule has 128 valence electrons. The first-order valence-electron chi connectivity index (χ1n) is 7.05. The van der Waals surface area contributed by atoms with Crippen molar-refractivity contribution in [1.82, 2.24) is 5.32 Å². The van der Waals surface area contributed by atoms with Crippen LogP contribution in [0.4, 0.5) is 14.5 Å². The smallest absolute Gasteiger partial charge is 0.277 e. The topological polar surface area (TPSA) is 75.4 Å². The maximum atomic E-state index is 13.0. The molecule has 0 bridgehead atoms. The molecule has 8 heteroatoms. The van der Waals surface area contributed by atoms with Crippen molar-refractivity contribution < 1.29 is 18.4 Å². The number of nitrogens with one attached hydrogen (secondary N) is 1. The van der Waals surface area contributed by atoms with Crippen molar-refractivity contribution in [2.24, 2.45) is 11.7 Å². The third kappa shape index (κ3) is 4.87. The van der Waals surface area contributed by atoms with Crippen LogP contribution in [0, 0.1) is 12.8 Å². The molecule has 3 N–H and O–H groups in total. The highest BCUT2D eigenvalue weighted by atomic mass is 35.5. The molecule has 0 radical (unpaired) electrons. The average Bonchev–Trinajstić information content (AvgIpc) is 2.88. The van der Waals surface area contributed by atoms with Crippen LogP contribution in [0.25, 0.3) is 0 Å². The third-order valence-electron chi connectivity index (χ3n) is 3.66. The van der Waals surface area contributed by atoms with Gasteiger partial charge in [0.05, 0.1) is 19.0 Å². The molecule has 1 aromatic carbocycles. The first-order chi connectivity index (χ1) is 10.3. The largest absolute Gasteiger partial charge is 0.350 e. The Morgan fingerprint density at radius 3 is 2.57 bits per heavy atom. The number of carbonyl (C=O) groups excluding carboxylic acids is 2. The highest BCUT2D eigenvalue weighted by molar-refractivity contribution is 6.00. The molecule has 1 saturated heterocycles. The Morgan fingerprint density at radius 1 is 1.39 bits per heavy atom. The predicted octanol–water partition coefficient (Wildman–Crippen LogP) is 1.48. The second kappa shape index (κ2) is 7.70. The summed E-state index contributed by atoms with van der Waals surface area (Å²) in [6.45, 7) is 0.495. The molecule has 0 spiro atoms. The number of benzene rings is 1. The number of nitrogens with two attached hydrogens (primary N) is 1. The number of anilines is 1. The van der Waals surface area contributed by atoms with Crippen molar-refractivity contribution in [3.05, 3.63) is 29.8 Å². The monoisotopic (exact) mass is 347 g/mol. The summed E-state index contributed by atoms with van der Waals surface area (Å²) in [7, 11) is 0. The molecular formula is C15H20ClF2N3O2. The normalized spacial score (nSPS) is 17.8. The summed E-state index contributed by atoms with van der Waals surface area (Å²) in [4.78, 5) is 25.4. The van der Waals surface area contributed by atoms with Gasteiger partial charge in [-0.05, 0) is 19.1 Å². The summed E-state index contributed by atoms with van der Waals surface area (Å²) in [6.07, 6.45) is 0.0217. The molecule has 1 fully saturated rings. The second-order valence-electron chi connectivity index (χ2n) is 5.52. The SMILES string of the molecule is Cc1ccc(N2CC(C(=O)NCC(F)(F)CN)CC2=O)cc1.Cl. The molecule has 0 aromatic heterocycles. The lowest BCUT2D eigenvalue weighted by molar-refractivity contribution is -0.127. The van der Waals surface area contributed by atoms with E-state index in [2.05, 4.69) is 5.32 Å². The Labute approximate surface area is 139 Å². The van der Waals surface area contributed by atoms with Crippen molar-refractivity contribution >= 4 is 29.9 Å². The average molecular weight is 348 g/mol. The van der Waals surface area contributed by atoms with Gasteiger partial charge in [0.15, 0.2) is 0 Å². The van der Waals surface area contributed by atoms with Crippen LogP contribution in [0.3, 0.4) is 0 Å². The first-order valence-corrected chi connectivity index (χ1v) is 7.05. The minimum atomic E-state index is -3.13. The molecule has 1 atom stereocenters. The fourth-order valence-electron chi connectivity index (χ4n) is 2.29. The van der Waals surface area contributed by atoms with E-state index in [4.69, 9.17) is 5.73 Å². The highest BCUT2D eigenvalue weighted by Gasteiger charge is 2.36. The van der Waals surface area contributed by atoms with Crippen molar-refractivity contribution in [2.45, 2.75) is 19.3 Å². The number of alkyl halides is 2. The van der Waals surface area contributed by atoms with Crippen molar-refractivity contribution in [3.63, 3.8) is 0 Å². The lowest BCUT2D eigenvalue weighted by Gasteiger charge is -2.18. The van der Waals surface area contributed by atoms with Gasteiger partial charge in [0.2, 0.25) is 11.8 Å². The lowest BCUT2D eigenvalue weighted by Crippen LogP contribution is -2.44. The maximum absolute atomic E-state index is 13.0. The first kappa shape index (κ1) is 19.3. The molecule has 2 rings (SSSR count). The molecule has 0 aliphatic carbocycles. The summed E-state index contributed by atoms with van der Waals surface area (Å²) in [6, 6.07) is 7.35. The van der Waals surface area contributed by atoms with Crippen LogP contribution in [0.1, 0.15) is 12.0 Å². The van der Waals surface area contributed by atoms with Gasteiger partial charge >= 0.3 is 0 Å². The molecular weight excluding hydrogens is 328 g/mol. The lowest BCUT2D eigenvalue weighted by atomic mass is 10.1. The van der Waals surface area contributed by atoms with Gasteiger partial charge in [-0.15, -0.1) is 12.4 Å². The van der Waals surface area contributed by atoms with E-state index in [-0.39, 0.29) is 31.3 Å². The minimum absolute atomic E-state index is 0. The zero-order valence-electron chi connectivity index (χ0n) is 12.7. The van der Waals surface area contributed by atoms with Crippen LogP contribution in [-0.4, -0.2) is 37.4 Å². The molecule has 2 amide bonds. The number of carbonyl (C=O) groups is 2. The summed E-state index contributed by atoms with van der Waals surface area (Å²) < 4.78 is 26.1. The van der Waals surface area contributed by atoms with Gasteiger partial charge in [-0.25, -0.2) is 8.78 Å². The predicted molar refractivity (Wildman–Crippen MR) is 85.9 cm³/mol. The summed E-state index contributed by atoms with van der Waals surface area (Å²) in [5.41, 5.74) is 6.68. The van der Waals surface area contributed by atoms with Crippen molar-refractivity contribution in [1.29, 1.82) is 0 Å². The fourth-order valence-corrected chi connectivity index (χ4v) is 2.29. The van der Waals surface area contributed by atoms with E-state index in [1.54, 1.807) is 12.1 Å². The fraction of sp³-hybridized carbons (Fsp3) is 0.467. The molecule has 5 nitrogen and oxygen atoms in total. The standard InChI is InChI=1S/C15H19F2N3O2.ClH/c1-10-2-4-12(5-3-10)20-7-11(6-13(20)21)14(22)19-9-15(16,17)8-18;/h2-5,11H,6-9,18H2,1H3,(H,19,22);1H. The van der Waals surface area contributed by atoms with Gasteiger partial charge in [0, 0.05) is 18.7 Å². The van der Waals surface area contributed by atoms with Crippen molar-refractivity contribution in [2.75, 3.05) is 24.5 Å². The zero-order valence-corrected chi connectivity index (χ0v) is 13.5. The number of hydrogen-bond acceptors (Lipinski definition) is 3. The quantitative estimate of drug-likeness (QED) is 0.847. The van der Waals surface area contributed by atoms with Gasteiger partial charge in [0.25, 0.3) is 5.92 Å².